The van der Waals surface area contributed by atoms with Crippen molar-refractivity contribution in [2.75, 3.05) is 25.0 Å². The molecule has 2 aromatic carbocycles. The van der Waals surface area contributed by atoms with Crippen LogP contribution in [0.15, 0.2) is 42.5 Å². The third-order valence-electron chi connectivity index (χ3n) is 5.31. The molecule has 1 saturated heterocycles. The number of nitrogens with one attached hydrogen (secondary N) is 1. The smallest absolute Gasteiger partial charge is 0.338 e. The molecule has 0 amide bonds. The van der Waals surface area contributed by atoms with E-state index in [0.29, 0.717) is 35.2 Å². The molecule has 7 heteroatoms. The van der Waals surface area contributed by atoms with Gasteiger partial charge in [-0.2, -0.15) is 0 Å². The average Bonchev–Trinajstić information content (AvgIpc) is 2.72. The summed E-state index contributed by atoms with van der Waals surface area (Å²) in [5.74, 6) is -0.869. The SMILES string of the molecule is CCOC(=O)c1ccc(NC(=S)N2CCC(CCc3cc(F)cc(F)c3)CC2)cc1. The molecule has 3 rings (SSSR count). The van der Waals surface area contributed by atoms with Gasteiger partial charge in [-0.1, -0.05) is 0 Å². The molecule has 0 aliphatic carbocycles. The number of hydrogen-bond acceptors (Lipinski definition) is 3. The average molecular weight is 433 g/mol. The highest BCUT2D eigenvalue weighted by Gasteiger charge is 2.21. The number of anilines is 1. The molecular weight excluding hydrogens is 406 g/mol. The van der Waals surface area contributed by atoms with Crippen molar-refractivity contribution in [2.24, 2.45) is 5.92 Å². The van der Waals surface area contributed by atoms with Crippen LogP contribution in [-0.4, -0.2) is 35.7 Å². The van der Waals surface area contributed by atoms with Crippen LogP contribution in [0.3, 0.4) is 0 Å². The van der Waals surface area contributed by atoms with Crippen molar-refractivity contribution < 1.29 is 18.3 Å². The largest absolute Gasteiger partial charge is 0.462 e. The van der Waals surface area contributed by atoms with Crippen molar-refractivity contribution in [1.29, 1.82) is 0 Å². The van der Waals surface area contributed by atoms with Gasteiger partial charge in [0.15, 0.2) is 5.11 Å². The number of carbonyl (C=O) groups excluding carboxylic acids is 1. The van der Waals surface area contributed by atoms with Gasteiger partial charge in [0.05, 0.1) is 12.2 Å². The molecular formula is C23H26F2N2O2S. The molecule has 0 saturated carbocycles. The van der Waals surface area contributed by atoms with E-state index in [9.17, 15) is 13.6 Å². The monoisotopic (exact) mass is 432 g/mol. The Morgan fingerprint density at radius 1 is 1.13 bits per heavy atom. The number of rotatable bonds is 6. The van der Waals surface area contributed by atoms with Gasteiger partial charge in [0.25, 0.3) is 0 Å². The second kappa shape index (κ2) is 10.5. The molecule has 0 unspecified atom stereocenters. The van der Waals surface area contributed by atoms with E-state index in [1.807, 2.05) is 12.1 Å². The lowest BCUT2D eigenvalue weighted by atomic mass is 9.90. The van der Waals surface area contributed by atoms with Crippen LogP contribution < -0.4 is 5.32 Å². The number of piperidine rings is 1. The Kier molecular flexibility index (Phi) is 7.74. The number of likely N-dealkylation sites (tertiary alicyclic amines) is 1. The standard InChI is InChI=1S/C23H26F2N2O2S/c1-2-29-22(28)18-5-7-21(8-6-18)26-23(30)27-11-9-16(10-12-27)3-4-17-13-19(24)15-20(25)14-17/h5-8,13-16H,2-4,9-12H2,1H3,(H,26,30). The predicted molar refractivity (Wildman–Crippen MR) is 118 cm³/mol. The quantitative estimate of drug-likeness (QED) is 0.503. The zero-order chi connectivity index (χ0) is 21.5. The summed E-state index contributed by atoms with van der Waals surface area (Å²) in [5.41, 5.74) is 2.04. The summed E-state index contributed by atoms with van der Waals surface area (Å²) in [5, 5.41) is 3.87. The first-order chi connectivity index (χ1) is 14.4. The van der Waals surface area contributed by atoms with Crippen molar-refractivity contribution in [3.63, 3.8) is 0 Å². The fourth-order valence-corrected chi connectivity index (χ4v) is 3.96. The number of thiocarbonyl (C=S) groups is 1. The minimum Gasteiger partial charge on any atom is -0.462 e. The zero-order valence-electron chi connectivity index (χ0n) is 17.0. The summed E-state index contributed by atoms with van der Waals surface area (Å²) < 4.78 is 31.6. The summed E-state index contributed by atoms with van der Waals surface area (Å²) in [6.07, 6.45) is 3.56. The van der Waals surface area contributed by atoms with Crippen LogP contribution in [0.2, 0.25) is 0 Å². The molecule has 4 nitrogen and oxygen atoms in total. The van der Waals surface area contributed by atoms with Crippen molar-refractivity contribution >= 4 is 29.0 Å². The Balaban J connectivity index is 1.44. The van der Waals surface area contributed by atoms with Crippen molar-refractivity contribution in [3.05, 3.63) is 65.2 Å². The minimum absolute atomic E-state index is 0.338. The molecule has 1 aliphatic heterocycles. The molecule has 1 fully saturated rings. The Hall–Kier alpha value is -2.54. The van der Waals surface area contributed by atoms with Gasteiger partial charge in [0, 0.05) is 24.8 Å². The van der Waals surface area contributed by atoms with Gasteiger partial charge in [-0.3, -0.25) is 0 Å². The summed E-state index contributed by atoms with van der Waals surface area (Å²) in [7, 11) is 0. The lowest BCUT2D eigenvalue weighted by Gasteiger charge is -2.34. The summed E-state index contributed by atoms with van der Waals surface area (Å²) >= 11 is 5.53. The van der Waals surface area contributed by atoms with Crippen molar-refractivity contribution in [1.82, 2.24) is 4.90 Å². The van der Waals surface area contributed by atoms with Crippen molar-refractivity contribution in [3.8, 4) is 0 Å². The van der Waals surface area contributed by atoms with E-state index in [2.05, 4.69) is 10.2 Å². The Morgan fingerprint density at radius 2 is 1.77 bits per heavy atom. The lowest BCUT2D eigenvalue weighted by molar-refractivity contribution is 0.0526. The number of esters is 1. The Bertz CT molecular complexity index is 861. The second-order valence-corrected chi connectivity index (χ2v) is 7.86. The molecule has 1 heterocycles. The lowest BCUT2D eigenvalue weighted by Crippen LogP contribution is -2.40. The summed E-state index contributed by atoms with van der Waals surface area (Å²) in [6.45, 7) is 3.80. The van der Waals surface area contributed by atoms with Gasteiger partial charge in [-0.25, -0.2) is 13.6 Å². The maximum atomic E-state index is 13.3. The molecule has 0 spiro atoms. The molecule has 1 aliphatic rings. The van der Waals surface area contributed by atoms with Gasteiger partial charge in [-0.05, 0) is 92.7 Å². The van der Waals surface area contributed by atoms with Crippen LogP contribution in [-0.2, 0) is 11.2 Å². The number of nitrogens with zero attached hydrogens (tertiary/aromatic N) is 1. The molecule has 30 heavy (non-hydrogen) atoms. The van der Waals surface area contributed by atoms with Gasteiger partial charge >= 0.3 is 5.97 Å². The third-order valence-corrected chi connectivity index (χ3v) is 5.67. The summed E-state index contributed by atoms with van der Waals surface area (Å²) in [6, 6.07) is 10.8. The number of aryl methyl sites for hydroxylation is 1. The van der Waals surface area contributed by atoms with Gasteiger partial charge in [-0.15, -0.1) is 0 Å². The minimum atomic E-state index is -0.522. The number of halogens is 2. The highest BCUT2D eigenvalue weighted by Crippen LogP contribution is 2.24. The fraction of sp³-hybridized carbons (Fsp3) is 0.391. The van der Waals surface area contributed by atoms with Crippen LogP contribution in [0.4, 0.5) is 14.5 Å². The Morgan fingerprint density at radius 3 is 2.37 bits per heavy atom. The van der Waals surface area contributed by atoms with E-state index >= 15 is 0 Å². The van der Waals surface area contributed by atoms with Crippen molar-refractivity contribution in [2.45, 2.75) is 32.6 Å². The van der Waals surface area contributed by atoms with Gasteiger partial charge < -0.3 is 15.0 Å². The van der Waals surface area contributed by atoms with E-state index in [-0.39, 0.29) is 5.97 Å². The number of ether oxygens (including phenoxy) is 1. The molecule has 0 radical (unpaired) electrons. The van der Waals surface area contributed by atoms with Crippen LogP contribution >= 0.6 is 12.2 Å². The highest BCUT2D eigenvalue weighted by molar-refractivity contribution is 7.80. The van der Waals surface area contributed by atoms with Gasteiger partial charge in [0.1, 0.15) is 11.6 Å². The number of benzene rings is 2. The van der Waals surface area contributed by atoms with E-state index < -0.39 is 11.6 Å². The van der Waals surface area contributed by atoms with E-state index in [0.717, 1.165) is 44.1 Å². The van der Waals surface area contributed by atoms with E-state index in [1.54, 1.807) is 19.1 Å². The van der Waals surface area contributed by atoms with Crippen LogP contribution in [0.25, 0.3) is 0 Å². The molecule has 0 bridgehead atoms. The molecule has 2 aromatic rings. The van der Waals surface area contributed by atoms with Crippen LogP contribution in [0.5, 0.6) is 0 Å². The molecule has 160 valence electrons. The molecule has 0 aromatic heterocycles. The normalized spacial score (nSPS) is 14.4. The fourth-order valence-electron chi connectivity index (χ4n) is 3.66. The highest BCUT2D eigenvalue weighted by atomic mass is 32.1. The Labute approximate surface area is 181 Å². The van der Waals surface area contributed by atoms with E-state index in [4.69, 9.17) is 17.0 Å². The zero-order valence-corrected chi connectivity index (χ0v) is 17.8. The first-order valence-electron chi connectivity index (χ1n) is 10.2. The predicted octanol–water partition coefficient (Wildman–Crippen LogP) is 5.18. The maximum absolute atomic E-state index is 13.3. The third kappa shape index (κ3) is 6.23. The van der Waals surface area contributed by atoms with Gasteiger partial charge in [0.2, 0.25) is 0 Å². The molecule has 1 N–H and O–H groups in total. The van der Waals surface area contributed by atoms with Crippen LogP contribution in [0, 0.1) is 17.6 Å². The van der Waals surface area contributed by atoms with E-state index in [1.165, 1.54) is 12.1 Å². The summed E-state index contributed by atoms with van der Waals surface area (Å²) in [4.78, 5) is 13.9. The maximum Gasteiger partial charge on any atom is 0.338 e. The van der Waals surface area contributed by atoms with Crippen LogP contribution in [0.1, 0.15) is 42.1 Å². The first kappa shape index (κ1) is 22.2. The first-order valence-corrected chi connectivity index (χ1v) is 10.6. The molecule has 0 atom stereocenters. The second-order valence-electron chi connectivity index (χ2n) is 7.47. The number of carbonyl (C=O) groups is 1. The topological polar surface area (TPSA) is 41.6 Å². The number of hydrogen-bond donors (Lipinski definition) is 1.